The Morgan fingerprint density at radius 1 is 1.04 bits per heavy atom. The van der Waals surface area contributed by atoms with E-state index in [1.165, 1.54) is 37.7 Å². The summed E-state index contributed by atoms with van der Waals surface area (Å²) in [5.74, 6) is 0.698. The van der Waals surface area contributed by atoms with Crippen LogP contribution in [0.2, 0.25) is 0 Å². The van der Waals surface area contributed by atoms with Gasteiger partial charge in [0.15, 0.2) is 0 Å². The molecule has 0 saturated carbocycles. The van der Waals surface area contributed by atoms with Gasteiger partial charge in [0.05, 0.1) is 0 Å². The van der Waals surface area contributed by atoms with E-state index in [0.717, 1.165) is 7.25 Å². The van der Waals surface area contributed by atoms with Crippen LogP contribution in [-0.4, -0.2) is 0 Å². The maximum absolute atomic E-state index is 2.71. The molecule has 1 heteroatoms. The Hall–Kier alpha value is -1.20. The molecule has 27 heavy (non-hydrogen) atoms. The monoisotopic (exact) mass is 430 g/mol. The van der Waals surface area contributed by atoms with E-state index in [0.29, 0.717) is 5.92 Å². The van der Waals surface area contributed by atoms with Crippen molar-refractivity contribution in [3.05, 3.63) is 81.9 Å². The molecule has 0 amide bonds. The summed E-state index contributed by atoms with van der Waals surface area (Å²) in [6, 6.07) is 14.3. The minimum atomic E-state index is -0.650. The fourth-order valence-corrected chi connectivity index (χ4v) is 9.51. The first kappa shape index (κ1) is 17.9. The first-order chi connectivity index (χ1) is 13.2. The normalized spacial score (nSPS) is 23.0. The van der Waals surface area contributed by atoms with Crippen LogP contribution in [0.3, 0.4) is 0 Å². The average molecular weight is 432 g/mol. The third-order valence-corrected chi connectivity index (χ3v) is 10.8. The number of benzene rings is 2. The van der Waals surface area contributed by atoms with Gasteiger partial charge in [0.1, 0.15) is 0 Å². The zero-order valence-electron chi connectivity index (χ0n) is 16.5. The number of fused-ring (bicyclic) bond motifs is 3. The first-order valence-electron chi connectivity index (χ1n) is 10.7. The molecule has 0 radical (unpaired) electrons. The summed E-state index contributed by atoms with van der Waals surface area (Å²) in [5.41, 5.74) is 11.3. The predicted molar refractivity (Wildman–Crippen MR) is 111 cm³/mol. The van der Waals surface area contributed by atoms with Crippen LogP contribution in [-0.2, 0) is 36.1 Å². The molecule has 5 rings (SSSR count). The molecule has 136 valence electrons. The molecule has 3 unspecified atom stereocenters. The molecule has 2 aromatic rings. The fraction of sp³-hybridized carbons (Fsp3) is 0.385. The molecular weight excluding hydrogens is 404 g/mol. The molecule has 3 aliphatic rings. The molecule has 0 spiro atoms. The maximum atomic E-state index is 2.71. The van der Waals surface area contributed by atoms with Gasteiger partial charge in [0, 0.05) is 0 Å². The Labute approximate surface area is 175 Å². The Bertz CT molecular complexity index is 933. The van der Waals surface area contributed by atoms with Crippen molar-refractivity contribution < 1.29 is 23.2 Å². The van der Waals surface area contributed by atoms with Crippen LogP contribution < -0.4 is 0 Å². The minimum absolute atomic E-state index is 0.650. The van der Waals surface area contributed by atoms with Gasteiger partial charge < -0.3 is 0 Å². The second-order valence-electron chi connectivity index (χ2n) is 8.48. The molecule has 0 nitrogen and oxygen atoms in total. The van der Waals surface area contributed by atoms with Crippen molar-refractivity contribution in [2.45, 2.75) is 53.2 Å². The van der Waals surface area contributed by atoms with E-state index in [-0.39, 0.29) is 0 Å². The fourth-order valence-electron chi connectivity index (χ4n) is 5.25. The third kappa shape index (κ3) is 3.17. The molecule has 0 saturated heterocycles. The molecule has 3 aliphatic carbocycles. The topological polar surface area (TPSA) is 0 Å². The summed E-state index contributed by atoms with van der Waals surface area (Å²) in [6.45, 7) is 4.77. The van der Waals surface area contributed by atoms with E-state index in [1.54, 1.807) is 33.4 Å². The van der Waals surface area contributed by atoms with Crippen LogP contribution in [0.4, 0.5) is 0 Å². The molecule has 0 aromatic heterocycles. The van der Waals surface area contributed by atoms with Gasteiger partial charge in [-0.1, -0.05) is 0 Å². The molecule has 0 fully saturated rings. The van der Waals surface area contributed by atoms with Crippen LogP contribution in [0.15, 0.2) is 48.6 Å². The Morgan fingerprint density at radius 2 is 1.85 bits per heavy atom. The van der Waals surface area contributed by atoms with Crippen molar-refractivity contribution in [2.75, 3.05) is 0 Å². The van der Waals surface area contributed by atoms with Gasteiger partial charge in [-0.25, -0.2) is 0 Å². The number of allylic oxidation sites excluding steroid dienone is 3. The van der Waals surface area contributed by atoms with E-state index >= 15 is 0 Å². The average Bonchev–Trinajstić information content (AvgIpc) is 3.38. The zero-order chi connectivity index (χ0) is 18.4. The second-order valence-corrected chi connectivity index (χ2v) is 12.4. The molecule has 2 aromatic carbocycles. The Kier molecular flexibility index (Phi) is 4.85. The van der Waals surface area contributed by atoms with Gasteiger partial charge in [-0.3, -0.25) is 0 Å². The first-order valence-corrected chi connectivity index (χ1v) is 13.5. The van der Waals surface area contributed by atoms with Crippen LogP contribution in [0.25, 0.3) is 11.6 Å². The summed E-state index contributed by atoms with van der Waals surface area (Å²) in [5, 5.41) is 0. The molecular formula is C26H28Zr. The summed E-state index contributed by atoms with van der Waals surface area (Å²) in [7, 11) is 0. The standard InChI is InChI=1S/C17H21.C9H7.Zr/c1-3-5-12(2)16-9-8-15-10-13-6-4-7-14(13)11-17(15)16;1-2-5-9-7-3-6-8(9)4-1;/h8-12H,3-7H2,1-2H3;1-7H;. The zero-order valence-corrected chi connectivity index (χ0v) is 18.9. The van der Waals surface area contributed by atoms with Crippen molar-refractivity contribution in [1.82, 2.24) is 0 Å². The van der Waals surface area contributed by atoms with E-state index in [9.17, 15) is 0 Å². The predicted octanol–water partition coefficient (Wildman–Crippen LogP) is 6.90. The van der Waals surface area contributed by atoms with Crippen molar-refractivity contribution >= 4 is 11.6 Å². The molecule has 0 aliphatic heterocycles. The second kappa shape index (κ2) is 7.32. The Morgan fingerprint density at radius 3 is 2.70 bits per heavy atom. The van der Waals surface area contributed by atoms with Crippen LogP contribution in [0.5, 0.6) is 0 Å². The van der Waals surface area contributed by atoms with Gasteiger partial charge in [-0.05, 0) is 0 Å². The van der Waals surface area contributed by atoms with Crippen molar-refractivity contribution in [3.8, 4) is 0 Å². The van der Waals surface area contributed by atoms with Gasteiger partial charge in [0.2, 0.25) is 0 Å². The van der Waals surface area contributed by atoms with E-state index in [4.69, 9.17) is 0 Å². The summed E-state index contributed by atoms with van der Waals surface area (Å²) >= 11 is -0.650. The van der Waals surface area contributed by atoms with Crippen LogP contribution in [0.1, 0.15) is 73.7 Å². The number of hydrogen-bond donors (Lipinski definition) is 0. The van der Waals surface area contributed by atoms with E-state index in [1.807, 2.05) is 0 Å². The quantitative estimate of drug-likeness (QED) is 0.483. The number of aryl methyl sites for hydroxylation is 2. The van der Waals surface area contributed by atoms with E-state index in [2.05, 4.69) is 68.5 Å². The van der Waals surface area contributed by atoms with Crippen molar-refractivity contribution in [3.63, 3.8) is 0 Å². The summed E-state index contributed by atoms with van der Waals surface area (Å²) in [4.78, 5) is 0. The summed E-state index contributed by atoms with van der Waals surface area (Å²) in [6.07, 6.45) is 14.1. The van der Waals surface area contributed by atoms with Gasteiger partial charge in [-0.2, -0.15) is 0 Å². The van der Waals surface area contributed by atoms with Crippen molar-refractivity contribution in [1.29, 1.82) is 0 Å². The van der Waals surface area contributed by atoms with Gasteiger partial charge in [-0.15, -0.1) is 0 Å². The molecule has 0 N–H and O–H groups in total. The van der Waals surface area contributed by atoms with E-state index < -0.39 is 23.2 Å². The molecule has 0 bridgehead atoms. The molecule has 0 heterocycles. The van der Waals surface area contributed by atoms with Gasteiger partial charge in [0.25, 0.3) is 0 Å². The van der Waals surface area contributed by atoms with Crippen LogP contribution in [0, 0.1) is 5.92 Å². The number of hydrogen-bond acceptors (Lipinski definition) is 0. The van der Waals surface area contributed by atoms with Crippen LogP contribution >= 0.6 is 0 Å². The molecule has 3 atom stereocenters. The van der Waals surface area contributed by atoms with Gasteiger partial charge >= 0.3 is 176 Å². The SMILES string of the molecule is CCCC(C)C1=C[CH]([Zr][CH]2C=Cc3ccccc32)c2cc3c(cc21)CCC3. The Balaban J connectivity index is 1.51. The third-order valence-electron chi connectivity index (χ3n) is 6.67. The summed E-state index contributed by atoms with van der Waals surface area (Å²) < 4.78 is 1.47. The number of rotatable bonds is 5. The van der Waals surface area contributed by atoms with Crippen molar-refractivity contribution in [2.24, 2.45) is 5.92 Å².